The van der Waals surface area contributed by atoms with Crippen molar-refractivity contribution < 1.29 is 4.74 Å². The second-order valence-electron chi connectivity index (χ2n) is 6.88. The molecule has 3 aromatic rings. The van der Waals surface area contributed by atoms with E-state index in [0.717, 1.165) is 35.3 Å². The Morgan fingerprint density at radius 3 is 3.00 bits per heavy atom. The molecule has 0 radical (unpaired) electrons. The molecule has 3 heterocycles. The van der Waals surface area contributed by atoms with Crippen LogP contribution in [0.3, 0.4) is 0 Å². The van der Waals surface area contributed by atoms with Crippen molar-refractivity contribution in [3.05, 3.63) is 34.9 Å². The number of ether oxygens (including phenoxy) is 1. The van der Waals surface area contributed by atoms with Crippen molar-refractivity contribution in [2.24, 2.45) is 0 Å². The Labute approximate surface area is 146 Å². The lowest BCUT2D eigenvalue weighted by Crippen LogP contribution is -2.40. The average Bonchev–Trinajstić information content (AvgIpc) is 3.01. The second-order valence-corrected chi connectivity index (χ2v) is 6.88. The van der Waals surface area contributed by atoms with E-state index in [1.165, 1.54) is 19.3 Å². The van der Waals surface area contributed by atoms with Gasteiger partial charge in [0.15, 0.2) is 0 Å². The predicted molar refractivity (Wildman–Crippen MR) is 99.3 cm³/mol. The smallest absolute Gasteiger partial charge is 0.277 e. The third kappa shape index (κ3) is 2.91. The maximum absolute atomic E-state index is 12.8. The number of piperidine rings is 1. The molecular weight excluding hydrogens is 316 g/mol. The number of rotatable bonds is 4. The molecule has 1 atom stereocenters. The lowest BCUT2D eigenvalue weighted by Gasteiger charge is -2.33. The molecule has 1 aromatic carbocycles. The molecule has 1 aliphatic heterocycles. The fraction of sp³-hybridized carbons (Fsp3) is 0.474. The number of fused-ring (bicyclic) bond motifs is 3. The number of aromatic amines is 1. The summed E-state index contributed by atoms with van der Waals surface area (Å²) in [5.41, 5.74) is 2.16. The first-order valence-electron chi connectivity index (χ1n) is 8.96. The zero-order valence-corrected chi connectivity index (χ0v) is 14.8. The minimum Gasteiger partial charge on any atom is -0.497 e. The highest BCUT2D eigenvalue weighted by atomic mass is 16.5. The molecule has 2 aromatic heterocycles. The van der Waals surface area contributed by atoms with Crippen LogP contribution in [0, 0.1) is 0 Å². The Balaban J connectivity index is 1.65. The van der Waals surface area contributed by atoms with E-state index in [0.29, 0.717) is 18.1 Å². The first-order valence-corrected chi connectivity index (χ1v) is 8.96. The number of nitrogens with one attached hydrogen (secondary N) is 1. The van der Waals surface area contributed by atoms with E-state index in [1.54, 1.807) is 18.0 Å². The summed E-state index contributed by atoms with van der Waals surface area (Å²) in [6.07, 6.45) is 5.48. The number of hydrogen-bond acceptors (Lipinski definition) is 4. The quantitative estimate of drug-likeness (QED) is 0.793. The van der Waals surface area contributed by atoms with Gasteiger partial charge in [-0.25, -0.2) is 4.98 Å². The van der Waals surface area contributed by atoms with Crippen LogP contribution in [0.15, 0.2) is 29.3 Å². The van der Waals surface area contributed by atoms with E-state index < -0.39 is 0 Å². The molecule has 0 spiro atoms. The Morgan fingerprint density at radius 2 is 2.20 bits per heavy atom. The van der Waals surface area contributed by atoms with E-state index in [9.17, 15) is 4.79 Å². The average molecular weight is 340 g/mol. The number of H-pyrrole nitrogens is 1. The zero-order chi connectivity index (χ0) is 17.4. The molecule has 0 amide bonds. The summed E-state index contributed by atoms with van der Waals surface area (Å²) in [6.45, 7) is 4.96. The van der Waals surface area contributed by atoms with E-state index in [-0.39, 0.29) is 5.56 Å². The first kappa shape index (κ1) is 16.1. The third-order valence-electron chi connectivity index (χ3n) is 5.35. The largest absolute Gasteiger partial charge is 0.497 e. The van der Waals surface area contributed by atoms with Crippen LogP contribution in [0.2, 0.25) is 0 Å². The number of benzene rings is 1. The van der Waals surface area contributed by atoms with Crippen molar-refractivity contribution in [2.45, 2.75) is 38.8 Å². The normalized spacial score (nSPS) is 18.9. The summed E-state index contributed by atoms with van der Waals surface area (Å²) < 4.78 is 6.98. The van der Waals surface area contributed by atoms with E-state index in [1.807, 2.05) is 18.2 Å². The van der Waals surface area contributed by atoms with Crippen LogP contribution in [0.1, 0.15) is 26.2 Å². The van der Waals surface area contributed by atoms with Crippen LogP contribution in [0.25, 0.3) is 21.9 Å². The van der Waals surface area contributed by atoms with Crippen LogP contribution in [0.5, 0.6) is 5.75 Å². The molecule has 0 aliphatic carbocycles. The topological polar surface area (TPSA) is 63.2 Å². The second kappa shape index (κ2) is 6.52. The SMILES string of the molecule is COc1ccc2c(c1)[nH]c1c(=O)n(CCN3CCCCC3C)cnc12. The molecule has 1 saturated heterocycles. The Bertz CT molecular complexity index is 959. The number of likely N-dealkylation sites (tertiary alicyclic amines) is 1. The van der Waals surface area contributed by atoms with Gasteiger partial charge in [0.1, 0.15) is 16.8 Å². The van der Waals surface area contributed by atoms with E-state index in [4.69, 9.17) is 4.74 Å². The summed E-state index contributed by atoms with van der Waals surface area (Å²) in [6, 6.07) is 6.33. The van der Waals surface area contributed by atoms with Crippen molar-refractivity contribution in [1.29, 1.82) is 0 Å². The Kier molecular flexibility index (Phi) is 4.21. The number of hydrogen-bond donors (Lipinski definition) is 1. The minimum absolute atomic E-state index is 0.00942. The fourth-order valence-corrected chi connectivity index (χ4v) is 3.79. The summed E-state index contributed by atoms with van der Waals surface area (Å²) in [5, 5.41) is 0.949. The molecule has 1 N–H and O–H groups in total. The van der Waals surface area contributed by atoms with Crippen LogP contribution in [0.4, 0.5) is 0 Å². The first-order chi connectivity index (χ1) is 12.2. The standard InChI is InChI=1S/C19H24N4O2/c1-13-5-3-4-8-22(13)9-10-23-12-20-17-15-7-6-14(25-2)11-16(15)21-18(17)19(23)24/h6-7,11-13,21H,3-5,8-10H2,1-2H3. The van der Waals surface area contributed by atoms with Gasteiger partial charge in [-0.15, -0.1) is 0 Å². The minimum atomic E-state index is -0.00942. The van der Waals surface area contributed by atoms with Crippen molar-refractivity contribution in [2.75, 3.05) is 20.2 Å². The molecule has 6 nitrogen and oxygen atoms in total. The highest BCUT2D eigenvalue weighted by Crippen LogP contribution is 2.25. The molecule has 132 valence electrons. The number of aromatic nitrogens is 3. The molecule has 1 aliphatic rings. The van der Waals surface area contributed by atoms with Gasteiger partial charge in [-0.05, 0) is 38.4 Å². The molecule has 4 rings (SSSR count). The molecular formula is C19H24N4O2. The lowest BCUT2D eigenvalue weighted by molar-refractivity contribution is 0.154. The fourth-order valence-electron chi connectivity index (χ4n) is 3.79. The molecule has 0 bridgehead atoms. The van der Waals surface area contributed by atoms with E-state index in [2.05, 4.69) is 21.8 Å². The summed E-state index contributed by atoms with van der Waals surface area (Å²) in [5.74, 6) is 0.762. The predicted octanol–water partition coefficient (Wildman–Crippen LogP) is 2.76. The lowest BCUT2D eigenvalue weighted by atomic mass is 10.0. The van der Waals surface area contributed by atoms with Crippen molar-refractivity contribution in [3.63, 3.8) is 0 Å². The van der Waals surface area contributed by atoms with Gasteiger partial charge in [0.05, 0.1) is 19.0 Å². The number of nitrogens with zero attached hydrogens (tertiary/aromatic N) is 3. The number of methoxy groups -OCH3 is 1. The van der Waals surface area contributed by atoms with Crippen molar-refractivity contribution in [3.8, 4) is 5.75 Å². The van der Waals surface area contributed by atoms with Gasteiger partial charge < -0.3 is 9.72 Å². The van der Waals surface area contributed by atoms with Crippen LogP contribution in [-0.2, 0) is 6.54 Å². The summed E-state index contributed by atoms with van der Waals surface area (Å²) >= 11 is 0. The summed E-state index contributed by atoms with van der Waals surface area (Å²) in [4.78, 5) is 23.1. The van der Waals surface area contributed by atoms with E-state index >= 15 is 0 Å². The molecule has 0 saturated carbocycles. The molecule has 1 unspecified atom stereocenters. The highest BCUT2D eigenvalue weighted by Gasteiger charge is 2.18. The maximum Gasteiger partial charge on any atom is 0.277 e. The van der Waals surface area contributed by atoms with Crippen LogP contribution in [-0.4, -0.2) is 45.7 Å². The van der Waals surface area contributed by atoms with Crippen molar-refractivity contribution in [1.82, 2.24) is 19.4 Å². The molecule has 1 fully saturated rings. The summed E-state index contributed by atoms with van der Waals surface area (Å²) in [7, 11) is 1.64. The van der Waals surface area contributed by atoms with Gasteiger partial charge in [0.25, 0.3) is 5.56 Å². The highest BCUT2D eigenvalue weighted by molar-refractivity contribution is 6.04. The monoisotopic (exact) mass is 340 g/mol. The third-order valence-corrected chi connectivity index (χ3v) is 5.35. The van der Waals surface area contributed by atoms with Gasteiger partial charge in [-0.2, -0.15) is 0 Å². The van der Waals surface area contributed by atoms with Gasteiger partial charge in [0, 0.05) is 30.6 Å². The molecule has 25 heavy (non-hydrogen) atoms. The zero-order valence-electron chi connectivity index (χ0n) is 14.8. The van der Waals surface area contributed by atoms with Gasteiger partial charge in [0.2, 0.25) is 0 Å². The Morgan fingerprint density at radius 1 is 1.32 bits per heavy atom. The van der Waals surface area contributed by atoms with Crippen molar-refractivity contribution >= 4 is 21.9 Å². The van der Waals surface area contributed by atoms with Gasteiger partial charge in [-0.1, -0.05) is 6.42 Å². The van der Waals surface area contributed by atoms with Gasteiger partial charge >= 0.3 is 0 Å². The van der Waals surface area contributed by atoms with Crippen LogP contribution < -0.4 is 10.3 Å². The van der Waals surface area contributed by atoms with Gasteiger partial charge in [-0.3, -0.25) is 14.3 Å². The Hall–Kier alpha value is -2.34. The molecule has 6 heteroatoms. The maximum atomic E-state index is 12.8. The van der Waals surface area contributed by atoms with Crippen LogP contribution >= 0.6 is 0 Å².